The quantitative estimate of drug-likeness (QED) is 0.843. The highest BCUT2D eigenvalue weighted by Crippen LogP contribution is 2.31. The zero-order valence-electron chi connectivity index (χ0n) is 11.1. The van der Waals surface area contributed by atoms with Crippen LogP contribution in [0.5, 0.6) is 0 Å². The van der Waals surface area contributed by atoms with Gasteiger partial charge < -0.3 is 9.73 Å². The summed E-state index contributed by atoms with van der Waals surface area (Å²) in [5.41, 5.74) is 1.33. The van der Waals surface area contributed by atoms with Gasteiger partial charge in [-0.2, -0.15) is 0 Å². The molecule has 1 saturated carbocycles. The summed E-state index contributed by atoms with van der Waals surface area (Å²) in [4.78, 5) is 0. The Morgan fingerprint density at radius 3 is 3.00 bits per heavy atom. The van der Waals surface area contributed by atoms with Crippen molar-refractivity contribution in [1.82, 2.24) is 5.32 Å². The second-order valence-electron chi connectivity index (χ2n) is 5.53. The van der Waals surface area contributed by atoms with Crippen molar-refractivity contribution in [3.63, 3.8) is 0 Å². The molecule has 1 aromatic rings. The third-order valence-electron chi connectivity index (χ3n) is 4.05. The Kier molecular flexibility index (Phi) is 4.66. The monoisotopic (exact) mass is 235 g/mol. The first-order chi connectivity index (χ1) is 8.29. The van der Waals surface area contributed by atoms with Gasteiger partial charge in [-0.1, -0.05) is 26.7 Å². The number of nitrogens with one attached hydrogen (secondary N) is 1. The van der Waals surface area contributed by atoms with Gasteiger partial charge in [0.15, 0.2) is 0 Å². The van der Waals surface area contributed by atoms with E-state index in [9.17, 15) is 0 Å². The molecule has 0 bridgehead atoms. The van der Waals surface area contributed by atoms with Gasteiger partial charge in [0.1, 0.15) is 0 Å². The van der Waals surface area contributed by atoms with Crippen molar-refractivity contribution in [1.29, 1.82) is 0 Å². The van der Waals surface area contributed by atoms with E-state index >= 15 is 0 Å². The number of furan rings is 1. The molecule has 0 radical (unpaired) electrons. The van der Waals surface area contributed by atoms with Gasteiger partial charge in [-0.3, -0.25) is 0 Å². The van der Waals surface area contributed by atoms with Crippen LogP contribution in [0.1, 0.15) is 45.1 Å². The van der Waals surface area contributed by atoms with Crippen LogP contribution in [0.2, 0.25) is 0 Å². The maximum atomic E-state index is 5.17. The molecule has 1 aromatic heterocycles. The molecular formula is C15H25NO. The first-order valence-corrected chi connectivity index (χ1v) is 7.04. The lowest BCUT2D eigenvalue weighted by Gasteiger charge is -2.33. The summed E-state index contributed by atoms with van der Waals surface area (Å²) in [7, 11) is 0. The summed E-state index contributed by atoms with van der Waals surface area (Å²) in [6.45, 7) is 5.66. The molecule has 3 unspecified atom stereocenters. The van der Waals surface area contributed by atoms with Crippen LogP contribution in [0.3, 0.4) is 0 Å². The fourth-order valence-electron chi connectivity index (χ4n) is 3.18. The van der Waals surface area contributed by atoms with Crippen molar-refractivity contribution in [2.75, 3.05) is 6.54 Å². The molecule has 1 heterocycles. The average molecular weight is 235 g/mol. The van der Waals surface area contributed by atoms with Crippen molar-refractivity contribution >= 4 is 0 Å². The molecule has 0 saturated heterocycles. The normalized spacial score (nSPS) is 26.9. The Hall–Kier alpha value is -0.760. The lowest BCUT2D eigenvalue weighted by Crippen LogP contribution is -2.39. The summed E-state index contributed by atoms with van der Waals surface area (Å²) >= 11 is 0. The minimum Gasteiger partial charge on any atom is -0.472 e. The first kappa shape index (κ1) is 12.7. The van der Waals surface area contributed by atoms with E-state index in [0.717, 1.165) is 24.8 Å². The predicted molar refractivity (Wildman–Crippen MR) is 71.0 cm³/mol. The number of likely N-dealkylation sites (N-methyl/N-ethyl adjacent to an activating group) is 1. The van der Waals surface area contributed by atoms with Gasteiger partial charge in [-0.15, -0.1) is 0 Å². The van der Waals surface area contributed by atoms with E-state index in [1.807, 2.05) is 6.26 Å². The summed E-state index contributed by atoms with van der Waals surface area (Å²) < 4.78 is 5.17. The fourth-order valence-corrected chi connectivity index (χ4v) is 3.18. The second-order valence-corrected chi connectivity index (χ2v) is 5.53. The Labute approximate surface area is 105 Å². The Bertz CT molecular complexity index is 307. The lowest BCUT2D eigenvalue weighted by atomic mass is 9.77. The molecule has 0 amide bonds. The zero-order chi connectivity index (χ0) is 12.1. The Morgan fingerprint density at radius 2 is 2.35 bits per heavy atom. The molecule has 96 valence electrons. The third-order valence-corrected chi connectivity index (χ3v) is 4.05. The van der Waals surface area contributed by atoms with Crippen LogP contribution in [0.15, 0.2) is 23.0 Å². The molecule has 0 aromatic carbocycles. The second kappa shape index (κ2) is 6.25. The van der Waals surface area contributed by atoms with Crippen molar-refractivity contribution in [2.24, 2.45) is 11.8 Å². The fraction of sp³-hybridized carbons (Fsp3) is 0.733. The third kappa shape index (κ3) is 3.60. The highest BCUT2D eigenvalue weighted by Gasteiger charge is 2.26. The van der Waals surface area contributed by atoms with Crippen LogP contribution >= 0.6 is 0 Å². The summed E-state index contributed by atoms with van der Waals surface area (Å²) in [5.74, 6) is 1.74. The number of hydrogen-bond donors (Lipinski definition) is 1. The van der Waals surface area contributed by atoms with Crippen molar-refractivity contribution in [3.8, 4) is 0 Å². The molecule has 1 aliphatic rings. The van der Waals surface area contributed by atoms with E-state index in [4.69, 9.17) is 4.42 Å². The van der Waals surface area contributed by atoms with Crippen LogP contribution in [-0.4, -0.2) is 12.6 Å². The van der Waals surface area contributed by atoms with Crippen LogP contribution in [0.4, 0.5) is 0 Å². The van der Waals surface area contributed by atoms with Crippen molar-refractivity contribution in [3.05, 3.63) is 24.2 Å². The van der Waals surface area contributed by atoms with Crippen LogP contribution in [0, 0.1) is 11.8 Å². The first-order valence-electron chi connectivity index (χ1n) is 7.04. The van der Waals surface area contributed by atoms with Gasteiger partial charge in [0.25, 0.3) is 0 Å². The van der Waals surface area contributed by atoms with Gasteiger partial charge in [0.05, 0.1) is 12.5 Å². The van der Waals surface area contributed by atoms with Gasteiger partial charge in [0.2, 0.25) is 0 Å². The largest absolute Gasteiger partial charge is 0.472 e. The Balaban J connectivity index is 1.95. The number of hydrogen-bond acceptors (Lipinski definition) is 2. The molecule has 2 rings (SSSR count). The van der Waals surface area contributed by atoms with E-state index in [-0.39, 0.29) is 0 Å². The van der Waals surface area contributed by atoms with Crippen LogP contribution < -0.4 is 5.32 Å². The molecule has 1 N–H and O–H groups in total. The predicted octanol–water partition coefficient (Wildman–Crippen LogP) is 3.63. The minimum atomic E-state index is 0.625. The van der Waals surface area contributed by atoms with Gasteiger partial charge in [-0.25, -0.2) is 0 Å². The maximum absolute atomic E-state index is 5.17. The lowest BCUT2D eigenvalue weighted by molar-refractivity contribution is 0.222. The molecule has 0 spiro atoms. The van der Waals surface area contributed by atoms with Crippen LogP contribution in [-0.2, 0) is 6.42 Å². The number of rotatable bonds is 5. The SMILES string of the molecule is CCNC(Cc1ccoc1)C1CCCC(C)C1. The summed E-state index contributed by atoms with van der Waals surface area (Å²) in [5, 5.41) is 3.67. The molecular weight excluding hydrogens is 210 g/mol. The van der Waals surface area contributed by atoms with E-state index in [0.29, 0.717) is 6.04 Å². The standard InChI is InChI=1S/C15H25NO/c1-3-16-15(10-13-7-8-17-11-13)14-6-4-5-12(2)9-14/h7-8,11-12,14-16H,3-6,9-10H2,1-2H3. The topological polar surface area (TPSA) is 25.2 Å². The zero-order valence-corrected chi connectivity index (χ0v) is 11.1. The minimum absolute atomic E-state index is 0.625. The average Bonchev–Trinajstić information content (AvgIpc) is 2.81. The maximum Gasteiger partial charge on any atom is 0.0935 e. The summed E-state index contributed by atoms with van der Waals surface area (Å²) in [6, 6.07) is 2.72. The smallest absolute Gasteiger partial charge is 0.0935 e. The van der Waals surface area contributed by atoms with Gasteiger partial charge in [-0.05, 0) is 49.3 Å². The van der Waals surface area contributed by atoms with Crippen molar-refractivity contribution in [2.45, 2.75) is 52.0 Å². The molecule has 3 atom stereocenters. The summed E-state index contributed by atoms with van der Waals surface area (Å²) in [6.07, 6.45) is 10.4. The molecule has 0 aliphatic heterocycles. The highest BCUT2D eigenvalue weighted by atomic mass is 16.3. The van der Waals surface area contributed by atoms with Gasteiger partial charge >= 0.3 is 0 Å². The van der Waals surface area contributed by atoms with E-state index in [2.05, 4.69) is 25.2 Å². The van der Waals surface area contributed by atoms with E-state index < -0.39 is 0 Å². The highest BCUT2D eigenvalue weighted by molar-refractivity contribution is 5.08. The van der Waals surface area contributed by atoms with Crippen molar-refractivity contribution < 1.29 is 4.42 Å². The molecule has 1 aliphatic carbocycles. The molecule has 2 heteroatoms. The van der Waals surface area contributed by atoms with Gasteiger partial charge in [0, 0.05) is 6.04 Å². The van der Waals surface area contributed by atoms with E-state index in [1.54, 1.807) is 6.26 Å². The van der Waals surface area contributed by atoms with Crippen LogP contribution in [0.25, 0.3) is 0 Å². The molecule has 2 nitrogen and oxygen atoms in total. The Morgan fingerprint density at radius 1 is 1.47 bits per heavy atom. The molecule has 1 fully saturated rings. The molecule has 17 heavy (non-hydrogen) atoms. The van der Waals surface area contributed by atoms with E-state index in [1.165, 1.54) is 31.2 Å².